The standard InChI is InChI=1S/C15H10N4O/c20-15-14-13(17-19-15)11-8-4-7-10(12(11)16-18-14)9-5-2-1-3-6-9/h1-8H,(H2,17,19,20). The maximum absolute atomic E-state index is 9.61. The highest BCUT2D eigenvalue weighted by Crippen LogP contribution is 2.31. The monoisotopic (exact) mass is 262 g/mol. The van der Waals surface area contributed by atoms with Gasteiger partial charge in [0.2, 0.25) is 0 Å². The van der Waals surface area contributed by atoms with Crippen LogP contribution in [0.5, 0.6) is 5.88 Å². The second kappa shape index (κ2) is 4.03. The lowest BCUT2D eigenvalue weighted by molar-refractivity contribution is 0.456. The predicted octanol–water partition coefficient (Wildman–Crippen LogP) is 2.88. The summed E-state index contributed by atoms with van der Waals surface area (Å²) in [5.41, 5.74) is 3.96. The first-order valence-electron chi connectivity index (χ1n) is 6.22. The molecule has 4 aromatic rings. The number of rotatable bonds is 1. The van der Waals surface area contributed by atoms with Crippen molar-refractivity contribution >= 4 is 21.9 Å². The molecule has 2 heterocycles. The van der Waals surface area contributed by atoms with Crippen molar-refractivity contribution in [2.75, 3.05) is 0 Å². The summed E-state index contributed by atoms with van der Waals surface area (Å²) in [7, 11) is 0. The van der Waals surface area contributed by atoms with Crippen LogP contribution in [-0.4, -0.2) is 25.5 Å². The maximum atomic E-state index is 9.61. The van der Waals surface area contributed by atoms with Crippen LogP contribution in [-0.2, 0) is 0 Å². The first-order valence-corrected chi connectivity index (χ1v) is 6.22. The van der Waals surface area contributed by atoms with Crippen molar-refractivity contribution in [3.05, 3.63) is 48.5 Å². The number of benzene rings is 2. The summed E-state index contributed by atoms with van der Waals surface area (Å²) in [5, 5.41) is 25.4. The van der Waals surface area contributed by atoms with Crippen molar-refractivity contribution in [3.8, 4) is 17.0 Å². The fourth-order valence-corrected chi connectivity index (χ4v) is 2.41. The van der Waals surface area contributed by atoms with Gasteiger partial charge in [0.15, 0.2) is 5.52 Å². The fourth-order valence-electron chi connectivity index (χ4n) is 2.41. The van der Waals surface area contributed by atoms with Gasteiger partial charge in [0.25, 0.3) is 5.88 Å². The molecule has 0 unspecified atom stereocenters. The molecule has 0 bridgehead atoms. The van der Waals surface area contributed by atoms with E-state index in [1.807, 2.05) is 48.5 Å². The SMILES string of the molecule is Oc1n[nH]c2c1nnc1c(-c3ccccc3)cccc12. The van der Waals surface area contributed by atoms with E-state index >= 15 is 0 Å². The van der Waals surface area contributed by atoms with Crippen LogP contribution in [0.3, 0.4) is 0 Å². The first-order chi connectivity index (χ1) is 9.84. The number of nitrogens with zero attached hydrogens (tertiary/aromatic N) is 3. The summed E-state index contributed by atoms with van der Waals surface area (Å²) in [5.74, 6) is -0.125. The molecule has 0 atom stereocenters. The van der Waals surface area contributed by atoms with Crippen LogP contribution in [0.1, 0.15) is 0 Å². The largest absolute Gasteiger partial charge is 0.491 e. The molecule has 0 aliphatic carbocycles. The molecular formula is C15H10N4O. The van der Waals surface area contributed by atoms with Gasteiger partial charge in [-0.25, -0.2) is 0 Å². The van der Waals surface area contributed by atoms with E-state index < -0.39 is 0 Å². The molecule has 5 nitrogen and oxygen atoms in total. The van der Waals surface area contributed by atoms with Gasteiger partial charge in [0, 0.05) is 10.9 Å². The Morgan fingerprint density at radius 1 is 0.850 bits per heavy atom. The van der Waals surface area contributed by atoms with E-state index in [1.165, 1.54) is 0 Å². The Labute approximate surface area is 113 Å². The Morgan fingerprint density at radius 3 is 2.50 bits per heavy atom. The van der Waals surface area contributed by atoms with E-state index in [0.717, 1.165) is 22.0 Å². The first kappa shape index (κ1) is 10.9. The minimum atomic E-state index is -0.125. The van der Waals surface area contributed by atoms with Gasteiger partial charge in [-0.1, -0.05) is 48.5 Å². The topological polar surface area (TPSA) is 74.7 Å². The van der Waals surface area contributed by atoms with Gasteiger partial charge in [-0.2, -0.15) is 0 Å². The highest BCUT2D eigenvalue weighted by Gasteiger charge is 2.13. The number of fused-ring (bicyclic) bond motifs is 3. The fraction of sp³-hybridized carbons (Fsp3) is 0. The molecule has 0 saturated carbocycles. The van der Waals surface area contributed by atoms with Gasteiger partial charge in [-0.3, -0.25) is 5.10 Å². The Kier molecular flexibility index (Phi) is 2.20. The third kappa shape index (κ3) is 1.46. The second-order valence-corrected chi connectivity index (χ2v) is 4.54. The van der Waals surface area contributed by atoms with Crippen LogP contribution >= 0.6 is 0 Å². The number of aromatic hydroxyl groups is 1. The number of H-pyrrole nitrogens is 1. The molecule has 0 amide bonds. The third-order valence-corrected chi connectivity index (χ3v) is 3.36. The lowest BCUT2D eigenvalue weighted by Gasteiger charge is -2.05. The Bertz CT molecular complexity index is 915. The second-order valence-electron chi connectivity index (χ2n) is 4.54. The summed E-state index contributed by atoms with van der Waals surface area (Å²) in [6.45, 7) is 0. The molecule has 0 spiro atoms. The van der Waals surface area contributed by atoms with E-state index in [-0.39, 0.29) is 5.88 Å². The van der Waals surface area contributed by atoms with E-state index in [1.54, 1.807) is 0 Å². The molecule has 0 radical (unpaired) electrons. The molecule has 2 aromatic heterocycles. The van der Waals surface area contributed by atoms with E-state index in [2.05, 4.69) is 20.4 Å². The van der Waals surface area contributed by atoms with Crippen LogP contribution in [0.25, 0.3) is 33.1 Å². The molecule has 2 N–H and O–H groups in total. The molecule has 20 heavy (non-hydrogen) atoms. The molecule has 4 rings (SSSR count). The van der Waals surface area contributed by atoms with Crippen LogP contribution in [0, 0.1) is 0 Å². The lowest BCUT2D eigenvalue weighted by Crippen LogP contribution is -1.89. The van der Waals surface area contributed by atoms with Gasteiger partial charge in [-0.05, 0) is 5.56 Å². The Balaban J connectivity index is 2.11. The van der Waals surface area contributed by atoms with Crippen LogP contribution in [0.15, 0.2) is 48.5 Å². The Hall–Kier alpha value is -2.95. The number of nitrogens with one attached hydrogen (secondary N) is 1. The highest BCUT2D eigenvalue weighted by molar-refractivity contribution is 6.07. The minimum absolute atomic E-state index is 0.125. The van der Waals surface area contributed by atoms with E-state index in [9.17, 15) is 5.11 Å². The molecule has 0 aliphatic heterocycles. The van der Waals surface area contributed by atoms with Crippen LogP contribution in [0.4, 0.5) is 0 Å². The van der Waals surface area contributed by atoms with Crippen molar-refractivity contribution in [2.45, 2.75) is 0 Å². The third-order valence-electron chi connectivity index (χ3n) is 3.36. The van der Waals surface area contributed by atoms with E-state index in [4.69, 9.17) is 0 Å². The Morgan fingerprint density at radius 2 is 1.65 bits per heavy atom. The zero-order valence-electron chi connectivity index (χ0n) is 10.4. The lowest BCUT2D eigenvalue weighted by atomic mass is 10.0. The molecule has 0 aliphatic rings. The molecule has 0 saturated heterocycles. The number of aromatic amines is 1. The van der Waals surface area contributed by atoms with Crippen molar-refractivity contribution in [1.82, 2.24) is 20.4 Å². The summed E-state index contributed by atoms with van der Waals surface area (Å²) in [4.78, 5) is 0. The number of hydrogen-bond acceptors (Lipinski definition) is 4. The highest BCUT2D eigenvalue weighted by atomic mass is 16.3. The average Bonchev–Trinajstić information content (AvgIpc) is 2.89. The predicted molar refractivity (Wildman–Crippen MR) is 76.3 cm³/mol. The van der Waals surface area contributed by atoms with E-state index in [0.29, 0.717) is 11.0 Å². The zero-order valence-corrected chi connectivity index (χ0v) is 10.4. The molecular weight excluding hydrogens is 252 g/mol. The van der Waals surface area contributed by atoms with Gasteiger partial charge in [0.05, 0.1) is 5.52 Å². The summed E-state index contributed by atoms with van der Waals surface area (Å²) in [6.07, 6.45) is 0. The number of aromatic nitrogens is 4. The van der Waals surface area contributed by atoms with Crippen LogP contribution in [0.2, 0.25) is 0 Å². The van der Waals surface area contributed by atoms with Crippen molar-refractivity contribution in [2.24, 2.45) is 0 Å². The van der Waals surface area contributed by atoms with Crippen molar-refractivity contribution < 1.29 is 5.11 Å². The minimum Gasteiger partial charge on any atom is -0.491 e. The van der Waals surface area contributed by atoms with Crippen molar-refractivity contribution in [3.63, 3.8) is 0 Å². The van der Waals surface area contributed by atoms with Gasteiger partial charge >= 0.3 is 0 Å². The average molecular weight is 262 g/mol. The normalized spacial score (nSPS) is 11.2. The molecule has 0 fully saturated rings. The van der Waals surface area contributed by atoms with Gasteiger partial charge in [0.1, 0.15) is 5.52 Å². The maximum Gasteiger partial charge on any atom is 0.258 e. The smallest absolute Gasteiger partial charge is 0.258 e. The number of hydrogen-bond donors (Lipinski definition) is 2. The quantitative estimate of drug-likeness (QED) is 0.553. The summed E-state index contributed by atoms with van der Waals surface area (Å²) in [6, 6.07) is 15.9. The summed E-state index contributed by atoms with van der Waals surface area (Å²) < 4.78 is 0. The van der Waals surface area contributed by atoms with Crippen molar-refractivity contribution in [1.29, 1.82) is 0 Å². The molecule has 2 aromatic carbocycles. The van der Waals surface area contributed by atoms with Gasteiger partial charge < -0.3 is 5.11 Å². The molecule has 5 heteroatoms. The molecule has 96 valence electrons. The van der Waals surface area contributed by atoms with Gasteiger partial charge in [-0.15, -0.1) is 15.3 Å². The zero-order chi connectivity index (χ0) is 13.5. The summed E-state index contributed by atoms with van der Waals surface area (Å²) >= 11 is 0. The van der Waals surface area contributed by atoms with Crippen LogP contribution < -0.4 is 0 Å².